The van der Waals surface area contributed by atoms with Gasteiger partial charge in [0.05, 0.1) is 4.92 Å². The van der Waals surface area contributed by atoms with Crippen LogP contribution in [0.25, 0.3) is 0 Å². The van der Waals surface area contributed by atoms with Crippen LogP contribution in [-0.4, -0.2) is 33.5 Å². The maximum atomic E-state index is 10.3. The van der Waals surface area contributed by atoms with Gasteiger partial charge in [0.15, 0.2) is 0 Å². The maximum absolute atomic E-state index is 10.3. The van der Waals surface area contributed by atoms with E-state index in [0.29, 0.717) is 6.54 Å². The molecule has 6 nitrogen and oxygen atoms in total. The Morgan fingerprint density at radius 2 is 2.55 bits per heavy atom. The molecule has 11 heavy (non-hydrogen) atoms. The first-order valence-electron chi connectivity index (χ1n) is 3.05. The van der Waals surface area contributed by atoms with Crippen molar-refractivity contribution in [3.05, 3.63) is 10.1 Å². The van der Waals surface area contributed by atoms with Gasteiger partial charge in [-0.3, -0.25) is 10.1 Å². The highest BCUT2D eigenvalue weighted by Gasteiger charge is 2.36. The molecule has 0 aromatic heterocycles. The fourth-order valence-electron chi connectivity index (χ4n) is 0.806. The van der Waals surface area contributed by atoms with Crippen LogP contribution in [0.4, 0.5) is 0 Å². The molecular weight excluding hydrogens is 172 g/mol. The van der Waals surface area contributed by atoms with E-state index in [4.69, 9.17) is 11.8 Å². The van der Waals surface area contributed by atoms with Crippen molar-refractivity contribution in [1.29, 1.82) is 0 Å². The van der Waals surface area contributed by atoms with Crippen LogP contribution >= 0.6 is 11.8 Å². The second kappa shape index (κ2) is 2.91. The quantitative estimate of drug-likeness (QED) is 0.346. The Balaban J connectivity index is 2.69. The van der Waals surface area contributed by atoms with Crippen molar-refractivity contribution >= 4 is 18.1 Å². The highest BCUT2D eigenvalue weighted by molar-refractivity contribution is 6.19. The Hall–Kier alpha value is -1.04. The van der Waals surface area contributed by atoms with E-state index < -0.39 is 11.2 Å². The maximum Gasteiger partial charge on any atom is 0.397 e. The Morgan fingerprint density at radius 3 is 2.91 bits per heavy atom. The zero-order valence-corrected chi connectivity index (χ0v) is 6.60. The number of hydrogen-bond donors (Lipinski definition) is 0. The highest BCUT2D eigenvalue weighted by Crippen LogP contribution is 2.13. The molecule has 62 valence electrons. The van der Waals surface area contributed by atoms with Gasteiger partial charge < -0.3 is 0 Å². The molecule has 0 aliphatic carbocycles. The third kappa shape index (κ3) is 1.35. The topological polar surface area (TPSA) is 62.0 Å². The summed E-state index contributed by atoms with van der Waals surface area (Å²) in [5, 5.41) is 15.3. The minimum atomic E-state index is -1.05. The standard InChI is InChI=1S/C4H7ClN4O2/c1-2-8-4(9(10)11)7(5)3-6-8/h3-4H,2H2,1H3. The van der Waals surface area contributed by atoms with E-state index in [9.17, 15) is 10.1 Å². The van der Waals surface area contributed by atoms with E-state index in [0.717, 1.165) is 4.42 Å². The van der Waals surface area contributed by atoms with Gasteiger partial charge in [-0.05, 0) is 6.92 Å². The number of rotatable bonds is 2. The molecule has 0 aromatic carbocycles. The van der Waals surface area contributed by atoms with Crippen LogP contribution in [0.3, 0.4) is 0 Å². The molecule has 1 aliphatic rings. The molecule has 0 saturated carbocycles. The summed E-state index contributed by atoms with van der Waals surface area (Å²) in [5.74, 6) is 0. The van der Waals surface area contributed by atoms with E-state index in [-0.39, 0.29) is 0 Å². The fraction of sp³-hybridized carbons (Fsp3) is 0.750. The van der Waals surface area contributed by atoms with Gasteiger partial charge in [-0.1, -0.05) is 0 Å². The summed E-state index contributed by atoms with van der Waals surface area (Å²) in [5.41, 5.74) is 0. The molecule has 7 heteroatoms. The summed E-state index contributed by atoms with van der Waals surface area (Å²) in [6.45, 7) is 2.23. The van der Waals surface area contributed by atoms with Crippen molar-refractivity contribution in [3.8, 4) is 0 Å². The molecule has 0 radical (unpaired) electrons. The molecule has 0 amide bonds. The van der Waals surface area contributed by atoms with Gasteiger partial charge >= 0.3 is 6.29 Å². The molecule has 0 bridgehead atoms. The molecule has 0 fully saturated rings. The minimum Gasteiger partial charge on any atom is -0.261 e. The SMILES string of the molecule is CCN1N=CN(Cl)C1[N+](=O)[O-]. The van der Waals surface area contributed by atoms with Crippen LogP contribution in [0.15, 0.2) is 5.10 Å². The Labute approximate surface area is 68.3 Å². The minimum absolute atomic E-state index is 0.464. The van der Waals surface area contributed by atoms with Crippen LogP contribution in [0.5, 0.6) is 0 Å². The summed E-state index contributed by atoms with van der Waals surface area (Å²) in [6.07, 6.45) is 0.167. The van der Waals surface area contributed by atoms with Crippen LogP contribution in [0.2, 0.25) is 0 Å². The highest BCUT2D eigenvalue weighted by atomic mass is 35.5. The second-order valence-corrected chi connectivity index (χ2v) is 2.35. The molecule has 1 rings (SSSR count). The lowest BCUT2D eigenvalue weighted by atomic mass is 10.7. The van der Waals surface area contributed by atoms with Gasteiger partial charge in [-0.15, -0.1) is 0 Å². The molecule has 0 N–H and O–H groups in total. The number of hydrogen-bond acceptors (Lipinski definition) is 5. The first-order chi connectivity index (χ1) is 5.16. The molecule has 1 atom stereocenters. The normalized spacial score (nSPS) is 22.9. The van der Waals surface area contributed by atoms with Crippen LogP contribution in [-0.2, 0) is 0 Å². The molecule has 0 saturated heterocycles. The Bertz CT molecular complexity index is 197. The molecule has 0 aromatic rings. The summed E-state index contributed by atoms with van der Waals surface area (Å²) in [7, 11) is 0. The zero-order valence-electron chi connectivity index (χ0n) is 5.85. The predicted octanol–water partition coefficient (Wildman–Crippen LogP) is 0.281. The van der Waals surface area contributed by atoms with Crippen molar-refractivity contribution in [3.63, 3.8) is 0 Å². The second-order valence-electron chi connectivity index (χ2n) is 1.96. The monoisotopic (exact) mass is 178 g/mol. The first-order valence-corrected chi connectivity index (χ1v) is 3.39. The van der Waals surface area contributed by atoms with Crippen molar-refractivity contribution in [2.75, 3.05) is 6.54 Å². The van der Waals surface area contributed by atoms with Gasteiger partial charge in [0.25, 0.3) is 0 Å². The van der Waals surface area contributed by atoms with E-state index >= 15 is 0 Å². The van der Waals surface area contributed by atoms with Crippen LogP contribution in [0, 0.1) is 10.1 Å². The molecule has 0 spiro atoms. The molecule has 1 unspecified atom stereocenters. The lowest BCUT2D eigenvalue weighted by molar-refractivity contribution is -0.564. The molecule has 1 heterocycles. The third-order valence-electron chi connectivity index (χ3n) is 1.31. The van der Waals surface area contributed by atoms with E-state index in [1.165, 1.54) is 11.3 Å². The number of halogens is 1. The van der Waals surface area contributed by atoms with Crippen molar-refractivity contribution in [2.24, 2.45) is 5.10 Å². The number of nitrogens with zero attached hydrogens (tertiary/aromatic N) is 4. The summed E-state index contributed by atoms with van der Waals surface area (Å²) in [4.78, 5) is 9.84. The van der Waals surface area contributed by atoms with Crippen molar-refractivity contribution in [2.45, 2.75) is 13.2 Å². The van der Waals surface area contributed by atoms with Crippen LogP contribution in [0.1, 0.15) is 6.92 Å². The first kappa shape index (κ1) is 8.06. The zero-order chi connectivity index (χ0) is 8.43. The van der Waals surface area contributed by atoms with Gasteiger partial charge in [0, 0.05) is 18.3 Å². The fourth-order valence-corrected chi connectivity index (χ4v) is 1.02. The molecular formula is C4H7ClN4O2. The van der Waals surface area contributed by atoms with Gasteiger partial charge in [-0.2, -0.15) is 9.52 Å². The van der Waals surface area contributed by atoms with Gasteiger partial charge in [-0.25, -0.2) is 5.01 Å². The van der Waals surface area contributed by atoms with Gasteiger partial charge in [0.1, 0.15) is 6.34 Å². The van der Waals surface area contributed by atoms with Crippen LogP contribution < -0.4 is 0 Å². The van der Waals surface area contributed by atoms with Gasteiger partial charge in [0.2, 0.25) is 0 Å². The number of nitro groups is 1. The average Bonchev–Trinajstić information content (AvgIpc) is 2.30. The number of hydrazone groups is 1. The average molecular weight is 179 g/mol. The summed E-state index contributed by atoms with van der Waals surface area (Å²) < 4.78 is 0.934. The van der Waals surface area contributed by atoms with Crippen molar-refractivity contribution < 1.29 is 4.92 Å². The van der Waals surface area contributed by atoms with E-state index in [2.05, 4.69) is 5.10 Å². The smallest absolute Gasteiger partial charge is 0.261 e. The lowest BCUT2D eigenvalue weighted by Gasteiger charge is -2.16. The Kier molecular flexibility index (Phi) is 2.13. The lowest BCUT2D eigenvalue weighted by Crippen LogP contribution is -2.41. The Morgan fingerprint density at radius 1 is 1.91 bits per heavy atom. The summed E-state index contributed by atoms with van der Waals surface area (Å²) in [6, 6.07) is 0. The third-order valence-corrected chi connectivity index (χ3v) is 1.57. The molecule has 1 aliphatic heterocycles. The van der Waals surface area contributed by atoms with E-state index in [1.54, 1.807) is 6.92 Å². The predicted molar refractivity (Wildman–Crippen MR) is 39.3 cm³/mol. The largest absolute Gasteiger partial charge is 0.397 e. The van der Waals surface area contributed by atoms with Crippen molar-refractivity contribution in [1.82, 2.24) is 9.43 Å². The van der Waals surface area contributed by atoms with E-state index in [1.807, 2.05) is 0 Å². The summed E-state index contributed by atoms with van der Waals surface area (Å²) >= 11 is 5.45.